The lowest BCUT2D eigenvalue weighted by Crippen LogP contribution is -2.44. The summed E-state index contributed by atoms with van der Waals surface area (Å²) in [7, 11) is 1.94. The first-order valence-electron chi connectivity index (χ1n) is 5.12. The Morgan fingerprint density at radius 2 is 2.21 bits per heavy atom. The molecule has 0 aromatic carbocycles. The first kappa shape index (κ1) is 9.61. The largest absolute Gasteiger partial charge is 0.314 e. The summed E-state index contributed by atoms with van der Waals surface area (Å²) in [4.78, 5) is 6.67. The van der Waals surface area contributed by atoms with Crippen LogP contribution in [0, 0.1) is 0 Å². The Bertz CT molecular complexity index is 276. The van der Waals surface area contributed by atoms with Crippen molar-refractivity contribution in [2.24, 2.45) is 7.05 Å². The van der Waals surface area contributed by atoms with E-state index in [0.717, 1.165) is 45.0 Å². The van der Waals surface area contributed by atoms with Crippen molar-refractivity contribution in [1.29, 1.82) is 0 Å². The zero-order chi connectivity index (χ0) is 9.80. The van der Waals surface area contributed by atoms with E-state index < -0.39 is 0 Å². The maximum Gasteiger partial charge on any atom is 0.138 e. The predicted molar refractivity (Wildman–Crippen MR) is 54.0 cm³/mol. The van der Waals surface area contributed by atoms with Gasteiger partial charge in [0.25, 0.3) is 0 Å². The molecule has 1 aliphatic rings. The third kappa shape index (κ3) is 2.30. The molecular formula is C9H17N5. The average Bonchev–Trinajstić information content (AvgIpc) is 2.63. The molecule has 1 aromatic heterocycles. The first-order chi connectivity index (χ1) is 6.86. The summed E-state index contributed by atoms with van der Waals surface area (Å²) >= 11 is 0. The summed E-state index contributed by atoms with van der Waals surface area (Å²) in [6.07, 6.45) is 2.61. The van der Waals surface area contributed by atoms with E-state index in [9.17, 15) is 0 Å². The van der Waals surface area contributed by atoms with E-state index in [2.05, 4.69) is 20.3 Å². The van der Waals surface area contributed by atoms with Crippen molar-refractivity contribution in [3.05, 3.63) is 12.2 Å². The number of aryl methyl sites for hydroxylation is 1. The SMILES string of the molecule is Cn1ncnc1CCN1CCNCC1. The summed E-state index contributed by atoms with van der Waals surface area (Å²) in [5.74, 6) is 1.07. The van der Waals surface area contributed by atoms with E-state index in [1.165, 1.54) is 0 Å². The van der Waals surface area contributed by atoms with Gasteiger partial charge in [-0.1, -0.05) is 0 Å². The monoisotopic (exact) mass is 195 g/mol. The lowest BCUT2D eigenvalue weighted by Gasteiger charge is -2.26. The van der Waals surface area contributed by atoms with Gasteiger partial charge in [0.15, 0.2) is 0 Å². The molecule has 2 heterocycles. The van der Waals surface area contributed by atoms with Gasteiger partial charge in [-0.15, -0.1) is 0 Å². The number of hydrogen-bond acceptors (Lipinski definition) is 4. The molecule has 1 fully saturated rings. The molecule has 0 saturated carbocycles. The molecular weight excluding hydrogens is 178 g/mol. The van der Waals surface area contributed by atoms with Crippen molar-refractivity contribution >= 4 is 0 Å². The number of hydrogen-bond donors (Lipinski definition) is 1. The molecule has 78 valence electrons. The van der Waals surface area contributed by atoms with Gasteiger partial charge in [-0.3, -0.25) is 4.68 Å². The molecule has 1 aromatic rings. The van der Waals surface area contributed by atoms with Gasteiger partial charge < -0.3 is 10.2 Å². The topological polar surface area (TPSA) is 46.0 Å². The Morgan fingerprint density at radius 1 is 1.43 bits per heavy atom. The van der Waals surface area contributed by atoms with Gasteiger partial charge >= 0.3 is 0 Å². The summed E-state index contributed by atoms with van der Waals surface area (Å²) in [5.41, 5.74) is 0. The molecule has 0 atom stereocenters. The van der Waals surface area contributed by atoms with Gasteiger partial charge in [0.05, 0.1) is 0 Å². The lowest BCUT2D eigenvalue weighted by atomic mass is 10.3. The van der Waals surface area contributed by atoms with Crippen LogP contribution in [-0.4, -0.2) is 52.4 Å². The Balaban J connectivity index is 1.79. The molecule has 1 saturated heterocycles. The minimum atomic E-state index is 0.997. The highest BCUT2D eigenvalue weighted by molar-refractivity contribution is 4.85. The average molecular weight is 195 g/mol. The van der Waals surface area contributed by atoms with Crippen molar-refractivity contribution in [2.45, 2.75) is 6.42 Å². The highest BCUT2D eigenvalue weighted by Crippen LogP contribution is 1.97. The van der Waals surface area contributed by atoms with Crippen molar-refractivity contribution in [2.75, 3.05) is 32.7 Å². The van der Waals surface area contributed by atoms with E-state index in [1.54, 1.807) is 6.33 Å². The van der Waals surface area contributed by atoms with Gasteiger partial charge in [-0.05, 0) is 0 Å². The molecule has 2 rings (SSSR count). The highest BCUT2D eigenvalue weighted by atomic mass is 15.3. The Hall–Kier alpha value is -0.940. The van der Waals surface area contributed by atoms with Crippen LogP contribution < -0.4 is 5.32 Å². The number of nitrogens with zero attached hydrogens (tertiary/aromatic N) is 4. The van der Waals surface area contributed by atoms with Crippen LogP contribution in [0.25, 0.3) is 0 Å². The van der Waals surface area contributed by atoms with E-state index in [-0.39, 0.29) is 0 Å². The molecule has 5 nitrogen and oxygen atoms in total. The molecule has 0 spiro atoms. The van der Waals surface area contributed by atoms with Crippen LogP contribution in [0.5, 0.6) is 0 Å². The van der Waals surface area contributed by atoms with Crippen LogP contribution in [0.2, 0.25) is 0 Å². The van der Waals surface area contributed by atoms with Gasteiger partial charge in [0, 0.05) is 46.2 Å². The Kier molecular flexibility index (Phi) is 3.10. The predicted octanol–water partition coefficient (Wildman–Crippen LogP) is -0.737. The smallest absolute Gasteiger partial charge is 0.138 e. The molecule has 1 aliphatic heterocycles. The molecule has 0 amide bonds. The minimum Gasteiger partial charge on any atom is -0.314 e. The van der Waals surface area contributed by atoms with Crippen LogP contribution in [0.1, 0.15) is 5.82 Å². The van der Waals surface area contributed by atoms with E-state index in [1.807, 2.05) is 11.7 Å². The van der Waals surface area contributed by atoms with Crippen LogP contribution in [0.3, 0.4) is 0 Å². The number of nitrogens with one attached hydrogen (secondary N) is 1. The maximum atomic E-state index is 4.21. The van der Waals surface area contributed by atoms with E-state index in [0.29, 0.717) is 0 Å². The Morgan fingerprint density at radius 3 is 2.86 bits per heavy atom. The van der Waals surface area contributed by atoms with Crippen LogP contribution in [0.15, 0.2) is 6.33 Å². The molecule has 1 N–H and O–H groups in total. The van der Waals surface area contributed by atoms with Crippen LogP contribution in [0.4, 0.5) is 0 Å². The lowest BCUT2D eigenvalue weighted by molar-refractivity contribution is 0.241. The standard InChI is InChI=1S/C9H17N5/c1-13-9(11-8-12-13)2-5-14-6-3-10-4-7-14/h8,10H,2-7H2,1H3. The van der Waals surface area contributed by atoms with Crippen molar-refractivity contribution < 1.29 is 0 Å². The third-order valence-electron chi connectivity index (χ3n) is 2.67. The fraction of sp³-hybridized carbons (Fsp3) is 0.778. The Labute approximate surface area is 84.1 Å². The molecule has 0 aliphatic carbocycles. The molecule has 14 heavy (non-hydrogen) atoms. The third-order valence-corrected chi connectivity index (χ3v) is 2.67. The number of piperazine rings is 1. The summed E-state index contributed by atoms with van der Waals surface area (Å²) in [6.45, 7) is 5.61. The van der Waals surface area contributed by atoms with Gasteiger partial charge in [-0.2, -0.15) is 5.10 Å². The molecule has 0 unspecified atom stereocenters. The molecule has 0 bridgehead atoms. The maximum absolute atomic E-state index is 4.21. The van der Waals surface area contributed by atoms with Crippen LogP contribution >= 0.6 is 0 Å². The fourth-order valence-electron chi connectivity index (χ4n) is 1.74. The second-order valence-electron chi connectivity index (χ2n) is 3.64. The molecule has 5 heteroatoms. The summed E-state index contributed by atoms with van der Waals surface area (Å²) in [6, 6.07) is 0. The van der Waals surface area contributed by atoms with Crippen LogP contribution in [-0.2, 0) is 13.5 Å². The highest BCUT2D eigenvalue weighted by Gasteiger charge is 2.10. The van der Waals surface area contributed by atoms with Crippen molar-refractivity contribution in [3.63, 3.8) is 0 Å². The van der Waals surface area contributed by atoms with E-state index >= 15 is 0 Å². The first-order valence-corrected chi connectivity index (χ1v) is 5.12. The minimum absolute atomic E-state index is 0.997. The van der Waals surface area contributed by atoms with Crippen molar-refractivity contribution in [1.82, 2.24) is 25.0 Å². The second kappa shape index (κ2) is 4.52. The van der Waals surface area contributed by atoms with Gasteiger partial charge in [0.2, 0.25) is 0 Å². The summed E-state index contributed by atoms with van der Waals surface area (Å²) < 4.78 is 1.85. The second-order valence-corrected chi connectivity index (χ2v) is 3.64. The molecule has 0 radical (unpaired) electrons. The van der Waals surface area contributed by atoms with Gasteiger partial charge in [0.1, 0.15) is 12.2 Å². The number of aromatic nitrogens is 3. The van der Waals surface area contributed by atoms with E-state index in [4.69, 9.17) is 0 Å². The van der Waals surface area contributed by atoms with Crippen molar-refractivity contribution in [3.8, 4) is 0 Å². The zero-order valence-electron chi connectivity index (χ0n) is 8.61. The fourth-order valence-corrected chi connectivity index (χ4v) is 1.74. The summed E-state index contributed by atoms with van der Waals surface area (Å²) in [5, 5.41) is 7.40. The zero-order valence-corrected chi connectivity index (χ0v) is 8.61. The van der Waals surface area contributed by atoms with Gasteiger partial charge in [-0.25, -0.2) is 4.98 Å². The quantitative estimate of drug-likeness (QED) is 0.690. The normalized spacial score (nSPS) is 18.6. The number of rotatable bonds is 3.